The number of fused-ring (bicyclic) bond motifs is 1. The molecule has 2 aromatic heterocycles. The first-order valence-corrected chi connectivity index (χ1v) is 7.66. The van der Waals surface area contributed by atoms with E-state index in [9.17, 15) is 18.4 Å². The number of H-pyrrole nitrogens is 1. The highest BCUT2D eigenvalue weighted by atomic mass is 35.5. The Bertz CT molecular complexity index is 798. The van der Waals surface area contributed by atoms with Gasteiger partial charge in [-0.1, -0.05) is 11.6 Å². The third-order valence-corrected chi connectivity index (χ3v) is 4.54. The van der Waals surface area contributed by atoms with Crippen LogP contribution in [0.5, 0.6) is 0 Å². The standard InChI is InChI=1S/C15H14ClF3N4/c1-8-10(16)11-12(21-8)13(23-5-3-2-4-6-23)9(7-20)14(22-11)15(17,18)19/h21H,2-6H2,1H3. The number of aryl methyl sites for hydroxylation is 1. The molecule has 1 aliphatic rings. The van der Waals surface area contributed by atoms with Gasteiger partial charge in [-0.15, -0.1) is 0 Å². The van der Waals surface area contributed by atoms with Crippen LogP contribution in [0.2, 0.25) is 5.02 Å². The Morgan fingerprint density at radius 2 is 1.91 bits per heavy atom. The first-order valence-electron chi connectivity index (χ1n) is 7.28. The van der Waals surface area contributed by atoms with Gasteiger partial charge in [0.25, 0.3) is 0 Å². The average molecular weight is 343 g/mol. The second-order valence-electron chi connectivity index (χ2n) is 5.63. The summed E-state index contributed by atoms with van der Waals surface area (Å²) in [7, 11) is 0. The summed E-state index contributed by atoms with van der Waals surface area (Å²) in [6, 6.07) is 1.70. The summed E-state index contributed by atoms with van der Waals surface area (Å²) in [5.41, 5.74) is -0.344. The molecule has 0 spiro atoms. The summed E-state index contributed by atoms with van der Waals surface area (Å²) in [6.07, 6.45) is -1.92. The summed E-state index contributed by atoms with van der Waals surface area (Å²) < 4.78 is 40.1. The number of anilines is 1. The van der Waals surface area contributed by atoms with E-state index in [1.165, 1.54) is 0 Å². The molecule has 0 bridgehead atoms. The van der Waals surface area contributed by atoms with E-state index in [1.54, 1.807) is 13.0 Å². The van der Waals surface area contributed by atoms with E-state index in [4.69, 9.17) is 11.6 Å². The molecule has 2 aromatic rings. The van der Waals surface area contributed by atoms with E-state index in [0.717, 1.165) is 19.3 Å². The quantitative estimate of drug-likeness (QED) is 0.835. The Kier molecular flexibility index (Phi) is 3.88. The Morgan fingerprint density at radius 1 is 1.26 bits per heavy atom. The number of pyridine rings is 1. The van der Waals surface area contributed by atoms with Crippen LogP contribution in [0.3, 0.4) is 0 Å². The second kappa shape index (κ2) is 5.60. The maximum atomic E-state index is 13.4. The van der Waals surface area contributed by atoms with E-state index in [1.807, 2.05) is 4.90 Å². The summed E-state index contributed by atoms with van der Waals surface area (Å²) >= 11 is 6.11. The number of aromatic amines is 1. The predicted molar refractivity (Wildman–Crippen MR) is 81.6 cm³/mol. The molecule has 0 unspecified atom stereocenters. The van der Waals surface area contributed by atoms with Crippen LogP contribution in [0.1, 0.15) is 36.2 Å². The van der Waals surface area contributed by atoms with Crippen molar-refractivity contribution in [3.05, 3.63) is 22.0 Å². The van der Waals surface area contributed by atoms with Gasteiger partial charge < -0.3 is 9.88 Å². The van der Waals surface area contributed by atoms with Crippen LogP contribution in [0.25, 0.3) is 11.0 Å². The fourth-order valence-electron chi connectivity index (χ4n) is 3.01. The maximum absolute atomic E-state index is 13.4. The van der Waals surface area contributed by atoms with Crippen molar-refractivity contribution >= 4 is 28.3 Å². The summed E-state index contributed by atoms with van der Waals surface area (Å²) in [6.45, 7) is 2.89. The zero-order valence-corrected chi connectivity index (χ0v) is 13.1. The molecule has 0 atom stereocenters. The van der Waals surface area contributed by atoms with Crippen molar-refractivity contribution in [2.45, 2.75) is 32.4 Å². The Morgan fingerprint density at radius 3 is 2.48 bits per heavy atom. The Labute approximate surface area is 135 Å². The van der Waals surface area contributed by atoms with Gasteiger partial charge in [0, 0.05) is 18.8 Å². The zero-order valence-electron chi connectivity index (χ0n) is 12.4. The number of nitriles is 1. The lowest BCUT2D eigenvalue weighted by atomic mass is 10.1. The van der Waals surface area contributed by atoms with Gasteiger partial charge in [0.1, 0.15) is 17.1 Å². The fraction of sp³-hybridized carbons (Fsp3) is 0.467. The first-order chi connectivity index (χ1) is 10.8. The van der Waals surface area contributed by atoms with Gasteiger partial charge in [-0.3, -0.25) is 0 Å². The van der Waals surface area contributed by atoms with Crippen LogP contribution in [0, 0.1) is 18.3 Å². The molecule has 1 saturated heterocycles. The zero-order chi connectivity index (χ0) is 16.8. The van der Waals surface area contributed by atoms with Gasteiger partial charge in [-0.05, 0) is 26.2 Å². The number of rotatable bonds is 1. The van der Waals surface area contributed by atoms with Gasteiger partial charge in [-0.25, -0.2) is 4.98 Å². The molecule has 8 heteroatoms. The van der Waals surface area contributed by atoms with Gasteiger partial charge in [0.2, 0.25) is 0 Å². The highest BCUT2D eigenvalue weighted by Gasteiger charge is 2.39. The van der Waals surface area contributed by atoms with E-state index in [0.29, 0.717) is 24.3 Å². The molecule has 122 valence electrons. The van der Waals surface area contributed by atoms with E-state index in [-0.39, 0.29) is 16.2 Å². The molecule has 23 heavy (non-hydrogen) atoms. The minimum Gasteiger partial charge on any atom is -0.369 e. The second-order valence-corrected chi connectivity index (χ2v) is 6.01. The van der Waals surface area contributed by atoms with E-state index in [2.05, 4.69) is 9.97 Å². The highest BCUT2D eigenvalue weighted by Crippen LogP contribution is 2.41. The number of halogens is 4. The number of hydrogen-bond acceptors (Lipinski definition) is 3. The van der Waals surface area contributed by atoms with E-state index < -0.39 is 17.4 Å². The molecule has 3 rings (SSSR count). The maximum Gasteiger partial charge on any atom is 0.434 e. The van der Waals surface area contributed by atoms with Crippen molar-refractivity contribution in [1.29, 1.82) is 5.26 Å². The summed E-state index contributed by atoms with van der Waals surface area (Å²) in [5, 5.41) is 9.53. The minimum atomic E-state index is -4.71. The van der Waals surface area contributed by atoms with Crippen LogP contribution in [0.4, 0.5) is 18.9 Å². The number of piperidine rings is 1. The van der Waals surface area contributed by atoms with Crippen LogP contribution in [-0.4, -0.2) is 23.1 Å². The van der Waals surface area contributed by atoms with Crippen molar-refractivity contribution in [1.82, 2.24) is 9.97 Å². The molecular formula is C15H14ClF3N4. The lowest BCUT2D eigenvalue weighted by Crippen LogP contribution is -2.31. The normalized spacial score (nSPS) is 15.9. The topological polar surface area (TPSA) is 55.7 Å². The summed E-state index contributed by atoms with van der Waals surface area (Å²) in [4.78, 5) is 8.47. The van der Waals surface area contributed by atoms with Crippen molar-refractivity contribution in [2.24, 2.45) is 0 Å². The van der Waals surface area contributed by atoms with Crippen molar-refractivity contribution < 1.29 is 13.2 Å². The van der Waals surface area contributed by atoms with Gasteiger partial charge in [-0.2, -0.15) is 18.4 Å². The van der Waals surface area contributed by atoms with Crippen LogP contribution in [-0.2, 0) is 6.18 Å². The molecule has 0 aliphatic carbocycles. The SMILES string of the molecule is Cc1[nH]c2c(N3CCCCC3)c(C#N)c(C(F)(F)F)nc2c1Cl. The molecule has 1 N–H and O–H groups in total. The van der Waals surface area contributed by atoms with Gasteiger partial charge in [0.05, 0.1) is 16.2 Å². The largest absolute Gasteiger partial charge is 0.434 e. The third kappa shape index (κ3) is 2.61. The van der Waals surface area contributed by atoms with Crippen molar-refractivity contribution in [2.75, 3.05) is 18.0 Å². The van der Waals surface area contributed by atoms with Crippen molar-refractivity contribution in [3.63, 3.8) is 0 Å². The summed E-state index contributed by atoms with van der Waals surface area (Å²) in [5.74, 6) is 0. The molecule has 0 aromatic carbocycles. The predicted octanol–water partition coefficient (Wildman–Crippen LogP) is 4.41. The highest BCUT2D eigenvalue weighted by molar-refractivity contribution is 6.36. The van der Waals surface area contributed by atoms with Crippen LogP contribution >= 0.6 is 11.6 Å². The molecule has 1 aliphatic heterocycles. The molecule has 3 heterocycles. The molecule has 4 nitrogen and oxygen atoms in total. The lowest BCUT2D eigenvalue weighted by Gasteiger charge is -2.30. The molecule has 0 radical (unpaired) electrons. The molecule has 0 saturated carbocycles. The Balaban J connectivity index is 2.38. The van der Waals surface area contributed by atoms with E-state index >= 15 is 0 Å². The number of aromatic nitrogens is 2. The Hall–Kier alpha value is -1.94. The number of nitrogens with one attached hydrogen (secondary N) is 1. The monoisotopic (exact) mass is 342 g/mol. The number of hydrogen-bond donors (Lipinski definition) is 1. The first kappa shape index (κ1) is 15.9. The van der Waals surface area contributed by atoms with Gasteiger partial charge in [0.15, 0.2) is 5.69 Å². The molecule has 1 fully saturated rings. The molecular weight excluding hydrogens is 329 g/mol. The number of alkyl halides is 3. The fourth-order valence-corrected chi connectivity index (χ4v) is 3.20. The van der Waals surface area contributed by atoms with Gasteiger partial charge >= 0.3 is 6.18 Å². The van der Waals surface area contributed by atoms with Crippen molar-refractivity contribution in [3.8, 4) is 6.07 Å². The lowest BCUT2D eigenvalue weighted by molar-refractivity contribution is -0.141. The van der Waals surface area contributed by atoms with Crippen LogP contribution < -0.4 is 4.90 Å². The third-order valence-electron chi connectivity index (χ3n) is 4.07. The average Bonchev–Trinajstić information content (AvgIpc) is 2.80. The van der Waals surface area contributed by atoms with Crippen LogP contribution in [0.15, 0.2) is 0 Å². The molecule has 0 amide bonds. The smallest absolute Gasteiger partial charge is 0.369 e. The minimum absolute atomic E-state index is 0.0658. The number of nitrogens with zero attached hydrogens (tertiary/aromatic N) is 3.